The maximum atomic E-state index is 12.9. The largest absolute Gasteiger partial charge is 0.421 e. The van der Waals surface area contributed by atoms with E-state index < -0.39 is 5.82 Å². The van der Waals surface area contributed by atoms with Crippen molar-refractivity contribution < 1.29 is 8.81 Å². The standard InChI is InChI=1S/C11H13FN4O/c1-13-4-2-3-10-15-16-11(17-10)8-5-9(12)7-14-6-8/h5-7,13H,2-4H2,1H3. The first kappa shape index (κ1) is 11.7. The van der Waals surface area contributed by atoms with Crippen molar-refractivity contribution >= 4 is 0 Å². The van der Waals surface area contributed by atoms with E-state index in [0.29, 0.717) is 23.8 Å². The molecule has 0 aliphatic heterocycles. The average Bonchev–Trinajstić information content (AvgIpc) is 2.78. The van der Waals surface area contributed by atoms with Crippen molar-refractivity contribution in [1.82, 2.24) is 20.5 Å². The third kappa shape index (κ3) is 3.07. The van der Waals surface area contributed by atoms with Crippen molar-refractivity contribution in [2.75, 3.05) is 13.6 Å². The molecule has 17 heavy (non-hydrogen) atoms. The van der Waals surface area contributed by atoms with Crippen LogP contribution in [0.3, 0.4) is 0 Å². The zero-order valence-electron chi connectivity index (χ0n) is 9.48. The first-order valence-electron chi connectivity index (χ1n) is 5.37. The van der Waals surface area contributed by atoms with E-state index in [4.69, 9.17) is 4.42 Å². The molecule has 0 atom stereocenters. The van der Waals surface area contributed by atoms with Crippen molar-refractivity contribution in [3.8, 4) is 11.5 Å². The van der Waals surface area contributed by atoms with Crippen LogP contribution in [0.1, 0.15) is 12.3 Å². The van der Waals surface area contributed by atoms with Crippen LogP contribution in [0.5, 0.6) is 0 Å². The molecule has 0 aromatic carbocycles. The Morgan fingerprint density at radius 2 is 2.24 bits per heavy atom. The summed E-state index contributed by atoms with van der Waals surface area (Å²) in [5.74, 6) is 0.438. The van der Waals surface area contributed by atoms with Gasteiger partial charge in [-0.2, -0.15) is 0 Å². The summed E-state index contributed by atoms with van der Waals surface area (Å²) in [5.41, 5.74) is 0.498. The summed E-state index contributed by atoms with van der Waals surface area (Å²) in [6.07, 6.45) is 4.25. The van der Waals surface area contributed by atoms with Gasteiger partial charge in [-0.1, -0.05) is 0 Å². The Hall–Kier alpha value is -1.82. The van der Waals surface area contributed by atoms with Crippen LogP contribution < -0.4 is 5.32 Å². The number of nitrogens with one attached hydrogen (secondary N) is 1. The Balaban J connectivity index is 2.07. The SMILES string of the molecule is CNCCCc1nnc(-c2cncc(F)c2)o1. The van der Waals surface area contributed by atoms with Gasteiger partial charge in [-0.15, -0.1) is 10.2 Å². The summed E-state index contributed by atoms with van der Waals surface area (Å²) in [7, 11) is 1.89. The van der Waals surface area contributed by atoms with Crippen molar-refractivity contribution in [2.24, 2.45) is 0 Å². The summed E-state index contributed by atoms with van der Waals surface area (Å²) < 4.78 is 18.4. The molecule has 0 spiro atoms. The van der Waals surface area contributed by atoms with Gasteiger partial charge in [0.15, 0.2) is 0 Å². The number of hydrogen-bond donors (Lipinski definition) is 1. The molecule has 2 aromatic rings. The zero-order chi connectivity index (χ0) is 12.1. The third-order valence-corrected chi connectivity index (χ3v) is 2.24. The molecule has 5 nitrogen and oxygen atoms in total. The number of aryl methyl sites for hydroxylation is 1. The Kier molecular flexibility index (Phi) is 3.77. The minimum Gasteiger partial charge on any atom is -0.421 e. The zero-order valence-corrected chi connectivity index (χ0v) is 9.48. The van der Waals surface area contributed by atoms with Crippen molar-refractivity contribution in [3.63, 3.8) is 0 Å². The molecular formula is C11H13FN4O. The van der Waals surface area contributed by atoms with E-state index in [1.807, 2.05) is 7.05 Å². The van der Waals surface area contributed by atoms with E-state index >= 15 is 0 Å². The van der Waals surface area contributed by atoms with Gasteiger partial charge in [-0.25, -0.2) is 4.39 Å². The molecular weight excluding hydrogens is 223 g/mol. The lowest BCUT2D eigenvalue weighted by Crippen LogP contribution is -2.08. The van der Waals surface area contributed by atoms with Crippen molar-refractivity contribution in [2.45, 2.75) is 12.8 Å². The van der Waals surface area contributed by atoms with Gasteiger partial charge in [-0.05, 0) is 26.1 Å². The van der Waals surface area contributed by atoms with Gasteiger partial charge >= 0.3 is 0 Å². The molecule has 0 fully saturated rings. The molecule has 6 heteroatoms. The molecule has 0 aliphatic carbocycles. The normalized spacial score (nSPS) is 10.7. The van der Waals surface area contributed by atoms with E-state index in [-0.39, 0.29) is 0 Å². The van der Waals surface area contributed by atoms with Crippen molar-refractivity contribution in [1.29, 1.82) is 0 Å². The van der Waals surface area contributed by atoms with Crippen LogP contribution in [0.4, 0.5) is 4.39 Å². The molecule has 2 rings (SSSR count). The summed E-state index contributed by atoms with van der Waals surface area (Å²) in [5, 5.41) is 10.8. The smallest absolute Gasteiger partial charge is 0.249 e. The van der Waals surface area contributed by atoms with Gasteiger partial charge in [0.1, 0.15) is 5.82 Å². The van der Waals surface area contributed by atoms with Crippen LogP contribution in [0, 0.1) is 5.82 Å². The molecule has 90 valence electrons. The van der Waals surface area contributed by atoms with Gasteiger partial charge < -0.3 is 9.73 Å². The second-order valence-corrected chi connectivity index (χ2v) is 3.60. The van der Waals surface area contributed by atoms with Crippen molar-refractivity contribution in [3.05, 3.63) is 30.2 Å². The minimum absolute atomic E-state index is 0.302. The molecule has 2 heterocycles. The number of rotatable bonds is 5. The van der Waals surface area contributed by atoms with Gasteiger partial charge in [0.2, 0.25) is 11.8 Å². The predicted octanol–water partition coefficient (Wildman–Crippen LogP) is 1.42. The lowest BCUT2D eigenvalue weighted by Gasteiger charge is -1.95. The summed E-state index contributed by atoms with van der Waals surface area (Å²) in [6, 6.07) is 1.32. The van der Waals surface area contributed by atoms with Crippen LogP contribution >= 0.6 is 0 Å². The van der Waals surface area contributed by atoms with Gasteiger partial charge in [-0.3, -0.25) is 4.98 Å². The second-order valence-electron chi connectivity index (χ2n) is 3.60. The van der Waals surface area contributed by atoms with Crippen LogP contribution in [0.15, 0.2) is 22.9 Å². The topological polar surface area (TPSA) is 63.8 Å². The van der Waals surface area contributed by atoms with Crippen LogP contribution in [0.2, 0.25) is 0 Å². The number of halogens is 1. The number of aromatic nitrogens is 3. The quantitative estimate of drug-likeness (QED) is 0.795. The first-order valence-corrected chi connectivity index (χ1v) is 5.37. The fourth-order valence-corrected chi connectivity index (χ4v) is 1.42. The summed E-state index contributed by atoms with van der Waals surface area (Å²) >= 11 is 0. The molecule has 0 unspecified atom stereocenters. The van der Waals surface area contributed by atoms with Crippen LogP contribution in [-0.4, -0.2) is 28.8 Å². The fraction of sp³-hybridized carbons (Fsp3) is 0.364. The van der Waals surface area contributed by atoms with E-state index in [1.54, 1.807) is 0 Å². The summed E-state index contributed by atoms with van der Waals surface area (Å²) in [6.45, 7) is 0.888. The average molecular weight is 236 g/mol. The Morgan fingerprint density at radius 1 is 1.35 bits per heavy atom. The van der Waals surface area contributed by atoms with Crippen LogP contribution in [0.25, 0.3) is 11.5 Å². The van der Waals surface area contributed by atoms with Gasteiger partial charge in [0.25, 0.3) is 0 Å². The molecule has 0 saturated heterocycles. The molecule has 0 amide bonds. The molecule has 0 saturated carbocycles. The third-order valence-electron chi connectivity index (χ3n) is 2.24. The maximum absolute atomic E-state index is 12.9. The number of hydrogen-bond acceptors (Lipinski definition) is 5. The number of nitrogens with zero attached hydrogens (tertiary/aromatic N) is 3. The van der Waals surface area contributed by atoms with Crippen LogP contribution in [-0.2, 0) is 6.42 Å². The highest BCUT2D eigenvalue weighted by atomic mass is 19.1. The molecule has 0 radical (unpaired) electrons. The highest BCUT2D eigenvalue weighted by Gasteiger charge is 2.09. The van der Waals surface area contributed by atoms with E-state index in [9.17, 15) is 4.39 Å². The Bertz CT molecular complexity index is 486. The highest BCUT2D eigenvalue weighted by Crippen LogP contribution is 2.17. The van der Waals surface area contributed by atoms with Gasteiger partial charge in [0.05, 0.1) is 11.8 Å². The minimum atomic E-state index is -0.419. The van der Waals surface area contributed by atoms with E-state index in [1.165, 1.54) is 12.3 Å². The maximum Gasteiger partial charge on any atom is 0.249 e. The lowest BCUT2D eigenvalue weighted by molar-refractivity contribution is 0.494. The predicted molar refractivity (Wildman–Crippen MR) is 59.7 cm³/mol. The fourth-order valence-electron chi connectivity index (χ4n) is 1.42. The molecule has 0 bridgehead atoms. The van der Waals surface area contributed by atoms with E-state index in [2.05, 4.69) is 20.5 Å². The molecule has 0 aliphatic rings. The van der Waals surface area contributed by atoms with E-state index in [0.717, 1.165) is 19.2 Å². The monoisotopic (exact) mass is 236 g/mol. The molecule has 1 N–H and O–H groups in total. The lowest BCUT2D eigenvalue weighted by atomic mass is 10.3. The first-order chi connectivity index (χ1) is 8.29. The Labute approximate surface area is 98.1 Å². The van der Waals surface area contributed by atoms with Gasteiger partial charge in [0, 0.05) is 12.6 Å². The number of pyridine rings is 1. The second kappa shape index (κ2) is 5.49. The summed E-state index contributed by atoms with van der Waals surface area (Å²) in [4.78, 5) is 3.73. The Morgan fingerprint density at radius 3 is 3.00 bits per heavy atom. The highest BCUT2D eigenvalue weighted by molar-refractivity contribution is 5.50. The molecule has 2 aromatic heterocycles.